The summed E-state index contributed by atoms with van der Waals surface area (Å²) in [5.74, 6) is -0.278. The molecular formula is C14H10FN3S. The quantitative estimate of drug-likeness (QED) is 0.528. The van der Waals surface area contributed by atoms with E-state index in [1.807, 2.05) is 18.4 Å². The van der Waals surface area contributed by atoms with Crippen molar-refractivity contribution < 1.29 is 4.39 Å². The number of thioether (sulfide) groups is 1. The number of halogens is 1. The Morgan fingerprint density at radius 1 is 1.11 bits per heavy atom. The van der Waals surface area contributed by atoms with Crippen molar-refractivity contribution in [1.82, 2.24) is 15.0 Å². The van der Waals surface area contributed by atoms with Crippen LogP contribution in [-0.4, -0.2) is 21.2 Å². The summed E-state index contributed by atoms with van der Waals surface area (Å²) in [4.78, 5) is 12.8. The predicted molar refractivity (Wildman–Crippen MR) is 74.5 cm³/mol. The van der Waals surface area contributed by atoms with Gasteiger partial charge in [0.25, 0.3) is 0 Å². The molecule has 0 fully saturated rings. The molecule has 0 saturated carbocycles. The van der Waals surface area contributed by atoms with Crippen molar-refractivity contribution in [3.8, 4) is 11.3 Å². The molecule has 19 heavy (non-hydrogen) atoms. The smallest absolute Gasteiger partial charge is 0.187 e. The molecule has 0 saturated heterocycles. The maximum Gasteiger partial charge on any atom is 0.187 e. The zero-order chi connectivity index (χ0) is 13.2. The van der Waals surface area contributed by atoms with E-state index in [1.54, 1.807) is 18.5 Å². The van der Waals surface area contributed by atoms with Gasteiger partial charge in [0.15, 0.2) is 5.16 Å². The van der Waals surface area contributed by atoms with E-state index in [2.05, 4.69) is 15.0 Å². The fraction of sp³-hybridized carbons (Fsp3) is 0.0714. The molecule has 0 spiro atoms. The molecule has 2 heterocycles. The van der Waals surface area contributed by atoms with Gasteiger partial charge in [-0.05, 0) is 30.5 Å². The van der Waals surface area contributed by atoms with Crippen LogP contribution in [0.3, 0.4) is 0 Å². The van der Waals surface area contributed by atoms with E-state index in [9.17, 15) is 4.39 Å². The Balaban J connectivity index is 2.12. The number of pyridine rings is 1. The lowest BCUT2D eigenvalue weighted by molar-refractivity contribution is 0.629. The lowest BCUT2D eigenvalue weighted by Gasteiger charge is -2.04. The molecular weight excluding hydrogens is 261 g/mol. The Labute approximate surface area is 113 Å². The summed E-state index contributed by atoms with van der Waals surface area (Å²) in [5.41, 5.74) is 2.36. The SMILES string of the molecule is CSc1nccc(-c2cnc3cc(F)ccc3c2)n1. The summed E-state index contributed by atoms with van der Waals surface area (Å²) >= 11 is 1.49. The van der Waals surface area contributed by atoms with Gasteiger partial charge < -0.3 is 0 Å². The number of fused-ring (bicyclic) bond motifs is 1. The van der Waals surface area contributed by atoms with Gasteiger partial charge in [0, 0.05) is 29.4 Å². The van der Waals surface area contributed by atoms with Crippen LogP contribution in [0.2, 0.25) is 0 Å². The summed E-state index contributed by atoms with van der Waals surface area (Å²) < 4.78 is 13.1. The van der Waals surface area contributed by atoms with Crippen LogP contribution in [0.25, 0.3) is 22.2 Å². The van der Waals surface area contributed by atoms with Crippen molar-refractivity contribution in [2.24, 2.45) is 0 Å². The van der Waals surface area contributed by atoms with Gasteiger partial charge in [-0.1, -0.05) is 11.8 Å². The van der Waals surface area contributed by atoms with Gasteiger partial charge in [-0.15, -0.1) is 0 Å². The molecule has 3 nitrogen and oxygen atoms in total. The molecule has 94 valence electrons. The highest BCUT2D eigenvalue weighted by molar-refractivity contribution is 7.98. The Kier molecular flexibility index (Phi) is 3.13. The minimum atomic E-state index is -0.278. The van der Waals surface area contributed by atoms with Crippen molar-refractivity contribution in [2.75, 3.05) is 6.26 Å². The average molecular weight is 271 g/mol. The molecule has 0 radical (unpaired) electrons. The first-order valence-corrected chi connectivity index (χ1v) is 6.91. The summed E-state index contributed by atoms with van der Waals surface area (Å²) in [6.07, 6.45) is 5.36. The van der Waals surface area contributed by atoms with E-state index in [4.69, 9.17) is 0 Å². The van der Waals surface area contributed by atoms with Gasteiger partial charge in [-0.3, -0.25) is 4.98 Å². The zero-order valence-electron chi connectivity index (χ0n) is 10.2. The molecule has 0 amide bonds. The fourth-order valence-electron chi connectivity index (χ4n) is 1.83. The van der Waals surface area contributed by atoms with E-state index in [0.29, 0.717) is 5.52 Å². The number of nitrogens with zero attached hydrogens (tertiary/aromatic N) is 3. The molecule has 0 bridgehead atoms. The molecule has 0 atom stereocenters. The summed E-state index contributed by atoms with van der Waals surface area (Å²) in [6.45, 7) is 0. The second-order valence-corrected chi connectivity index (χ2v) is 4.76. The Bertz CT molecular complexity index is 746. The Morgan fingerprint density at radius 3 is 2.84 bits per heavy atom. The summed E-state index contributed by atoms with van der Waals surface area (Å²) in [5, 5.41) is 1.61. The standard InChI is InChI=1S/C14H10FN3S/c1-19-14-16-5-4-12(18-14)10-6-9-2-3-11(15)7-13(9)17-8-10/h2-8H,1H3. The zero-order valence-corrected chi connectivity index (χ0v) is 11.0. The predicted octanol–water partition coefficient (Wildman–Crippen LogP) is 3.55. The molecule has 3 rings (SSSR count). The van der Waals surface area contributed by atoms with Crippen LogP contribution < -0.4 is 0 Å². The first-order chi connectivity index (χ1) is 9.26. The Morgan fingerprint density at radius 2 is 2.00 bits per heavy atom. The maximum absolute atomic E-state index is 13.1. The van der Waals surface area contributed by atoms with Crippen molar-refractivity contribution in [3.63, 3.8) is 0 Å². The summed E-state index contributed by atoms with van der Waals surface area (Å²) in [6, 6.07) is 8.37. The van der Waals surface area contributed by atoms with E-state index >= 15 is 0 Å². The second-order valence-electron chi connectivity index (χ2n) is 3.99. The van der Waals surface area contributed by atoms with Crippen LogP contribution in [-0.2, 0) is 0 Å². The van der Waals surface area contributed by atoms with Gasteiger partial charge in [0.05, 0.1) is 11.2 Å². The van der Waals surface area contributed by atoms with Crippen molar-refractivity contribution in [3.05, 3.63) is 48.5 Å². The normalized spacial score (nSPS) is 10.8. The molecule has 3 aromatic rings. The third-order valence-corrected chi connectivity index (χ3v) is 3.32. The summed E-state index contributed by atoms with van der Waals surface area (Å²) in [7, 11) is 0. The van der Waals surface area contributed by atoms with Crippen LogP contribution in [0.4, 0.5) is 4.39 Å². The van der Waals surface area contributed by atoms with Gasteiger partial charge in [-0.25, -0.2) is 14.4 Å². The highest BCUT2D eigenvalue weighted by Gasteiger charge is 2.04. The molecule has 2 aromatic heterocycles. The molecule has 0 unspecified atom stereocenters. The highest BCUT2D eigenvalue weighted by Crippen LogP contribution is 2.22. The molecule has 5 heteroatoms. The third kappa shape index (κ3) is 2.42. The van der Waals surface area contributed by atoms with Crippen LogP contribution in [0.1, 0.15) is 0 Å². The van der Waals surface area contributed by atoms with Crippen molar-refractivity contribution in [1.29, 1.82) is 0 Å². The van der Waals surface area contributed by atoms with Gasteiger partial charge >= 0.3 is 0 Å². The first-order valence-electron chi connectivity index (χ1n) is 5.69. The number of benzene rings is 1. The van der Waals surface area contributed by atoms with Crippen LogP contribution >= 0.6 is 11.8 Å². The molecule has 0 aliphatic carbocycles. The van der Waals surface area contributed by atoms with Crippen molar-refractivity contribution in [2.45, 2.75) is 5.16 Å². The van der Waals surface area contributed by atoms with E-state index in [1.165, 1.54) is 23.9 Å². The number of hydrogen-bond donors (Lipinski definition) is 0. The molecule has 0 aliphatic rings. The van der Waals surface area contributed by atoms with Crippen molar-refractivity contribution >= 4 is 22.7 Å². The van der Waals surface area contributed by atoms with E-state index in [0.717, 1.165) is 21.8 Å². The first kappa shape index (κ1) is 12.0. The fourth-order valence-corrected chi connectivity index (χ4v) is 2.19. The molecule has 0 aliphatic heterocycles. The maximum atomic E-state index is 13.1. The lowest BCUT2D eigenvalue weighted by atomic mass is 10.1. The average Bonchev–Trinajstić information content (AvgIpc) is 2.46. The van der Waals surface area contributed by atoms with Crippen LogP contribution in [0.5, 0.6) is 0 Å². The van der Waals surface area contributed by atoms with Gasteiger partial charge in [0.1, 0.15) is 5.82 Å². The van der Waals surface area contributed by atoms with Crippen LogP contribution in [0.15, 0.2) is 47.9 Å². The lowest BCUT2D eigenvalue weighted by Crippen LogP contribution is -1.90. The third-order valence-electron chi connectivity index (χ3n) is 2.76. The van der Waals surface area contributed by atoms with Gasteiger partial charge in [0.2, 0.25) is 0 Å². The number of hydrogen-bond acceptors (Lipinski definition) is 4. The number of aromatic nitrogens is 3. The number of rotatable bonds is 2. The van der Waals surface area contributed by atoms with Crippen LogP contribution in [0, 0.1) is 5.82 Å². The highest BCUT2D eigenvalue weighted by atomic mass is 32.2. The largest absolute Gasteiger partial charge is 0.255 e. The second kappa shape index (κ2) is 4.93. The minimum absolute atomic E-state index is 0.278. The van der Waals surface area contributed by atoms with Gasteiger partial charge in [-0.2, -0.15) is 0 Å². The minimum Gasteiger partial charge on any atom is -0.255 e. The van der Waals surface area contributed by atoms with E-state index < -0.39 is 0 Å². The topological polar surface area (TPSA) is 38.7 Å². The van der Waals surface area contributed by atoms with E-state index in [-0.39, 0.29) is 5.82 Å². The monoisotopic (exact) mass is 271 g/mol. The Hall–Kier alpha value is -2.01. The molecule has 0 N–H and O–H groups in total. The molecule has 1 aromatic carbocycles.